The molecule has 0 aromatic heterocycles. The fraction of sp³-hybridized carbons (Fsp3) is 0.100. The van der Waals surface area contributed by atoms with Gasteiger partial charge in [0.15, 0.2) is 0 Å². The van der Waals surface area contributed by atoms with E-state index in [1.807, 2.05) is 42.5 Å². The highest BCUT2D eigenvalue weighted by molar-refractivity contribution is 6.13. The van der Waals surface area contributed by atoms with Crippen molar-refractivity contribution in [3.05, 3.63) is 77.9 Å². The molecule has 0 saturated carbocycles. The minimum Gasteiger partial charge on any atom is -0.345 e. The molecule has 0 aliphatic rings. The van der Waals surface area contributed by atoms with E-state index in [4.69, 9.17) is 0 Å². The van der Waals surface area contributed by atoms with Crippen LogP contribution in [0.25, 0.3) is 10.8 Å². The Morgan fingerprint density at radius 1 is 0.833 bits per heavy atom. The van der Waals surface area contributed by atoms with Crippen LogP contribution < -0.4 is 5.32 Å². The molecule has 2 amide bonds. The zero-order valence-electron chi connectivity index (χ0n) is 13.6. The summed E-state index contributed by atoms with van der Waals surface area (Å²) in [6.45, 7) is 0. The number of hydrogen-bond acceptors (Lipinski definition) is 2. The van der Waals surface area contributed by atoms with Crippen LogP contribution in [0.15, 0.2) is 66.7 Å². The van der Waals surface area contributed by atoms with Gasteiger partial charge in [0.2, 0.25) is 0 Å². The quantitative estimate of drug-likeness (QED) is 0.798. The first-order chi connectivity index (χ1) is 11.6. The second-order valence-corrected chi connectivity index (χ2v) is 5.76. The van der Waals surface area contributed by atoms with Crippen molar-refractivity contribution in [3.63, 3.8) is 0 Å². The Balaban J connectivity index is 1.83. The molecule has 0 atom stereocenters. The van der Waals surface area contributed by atoms with Crippen molar-refractivity contribution in [2.75, 3.05) is 19.4 Å². The summed E-state index contributed by atoms with van der Waals surface area (Å²) >= 11 is 0. The molecule has 0 fully saturated rings. The monoisotopic (exact) mass is 318 g/mol. The van der Waals surface area contributed by atoms with Crippen molar-refractivity contribution < 1.29 is 9.59 Å². The average molecular weight is 318 g/mol. The number of benzene rings is 3. The summed E-state index contributed by atoms with van der Waals surface area (Å²) in [5, 5.41) is 4.82. The first-order valence-corrected chi connectivity index (χ1v) is 7.67. The Labute approximate surface area is 140 Å². The highest BCUT2D eigenvalue weighted by Gasteiger charge is 2.11. The maximum Gasteiger partial charge on any atom is 0.256 e. The second kappa shape index (κ2) is 6.54. The maximum atomic E-state index is 12.6. The molecule has 4 heteroatoms. The third kappa shape index (κ3) is 3.13. The number of fused-ring (bicyclic) bond motifs is 1. The zero-order valence-corrected chi connectivity index (χ0v) is 13.6. The summed E-state index contributed by atoms with van der Waals surface area (Å²) in [5.41, 5.74) is 1.87. The van der Waals surface area contributed by atoms with E-state index in [9.17, 15) is 9.59 Å². The Morgan fingerprint density at radius 2 is 1.50 bits per heavy atom. The highest BCUT2D eigenvalue weighted by Crippen LogP contribution is 2.20. The van der Waals surface area contributed by atoms with Crippen molar-refractivity contribution in [2.45, 2.75) is 0 Å². The van der Waals surface area contributed by atoms with E-state index in [0.717, 1.165) is 10.8 Å². The fourth-order valence-corrected chi connectivity index (χ4v) is 2.58. The third-order valence-electron chi connectivity index (χ3n) is 3.83. The topological polar surface area (TPSA) is 49.4 Å². The smallest absolute Gasteiger partial charge is 0.256 e. The van der Waals surface area contributed by atoms with Gasteiger partial charge in [-0.3, -0.25) is 9.59 Å². The number of hydrogen-bond donors (Lipinski definition) is 1. The van der Waals surface area contributed by atoms with Crippen molar-refractivity contribution in [1.29, 1.82) is 0 Å². The lowest BCUT2D eigenvalue weighted by Gasteiger charge is -2.11. The van der Waals surface area contributed by atoms with Crippen molar-refractivity contribution in [1.82, 2.24) is 4.90 Å². The van der Waals surface area contributed by atoms with Gasteiger partial charge >= 0.3 is 0 Å². The van der Waals surface area contributed by atoms with Crippen molar-refractivity contribution >= 4 is 28.3 Å². The molecule has 1 N–H and O–H groups in total. The predicted octanol–water partition coefficient (Wildman–Crippen LogP) is 3.79. The highest BCUT2D eigenvalue weighted by atomic mass is 16.2. The lowest BCUT2D eigenvalue weighted by molar-refractivity contribution is 0.0827. The van der Waals surface area contributed by atoms with E-state index < -0.39 is 0 Å². The molecule has 0 unspecified atom stereocenters. The van der Waals surface area contributed by atoms with Gasteiger partial charge in [-0.2, -0.15) is 0 Å². The number of carbonyl (C=O) groups is 2. The van der Waals surface area contributed by atoms with E-state index >= 15 is 0 Å². The molecule has 3 aromatic carbocycles. The van der Waals surface area contributed by atoms with Crippen LogP contribution in [0.1, 0.15) is 20.7 Å². The van der Waals surface area contributed by atoms with Gasteiger partial charge in [-0.1, -0.05) is 36.4 Å². The van der Waals surface area contributed by atoms with Gasteiger partial charge in [0.25, 0.3) is 11.8 Å². The maximum absolute atomic E-state index is 12.6. The Kier molecular flexibility index (Phi) is 4.29. The largest absolute Gasteiger partial charge is 0.345 e. The number of nitrogens with zero attached hydrogens (tertiary/aromatic N) is 1. The first kappa shape index (κ1) is 15.7. The molecule has 0 radical (unpaired) electrons. The molecule has 0 spiro atoms. The first-order valence-electron chi connectivity index (χ1n) is 7.67. The molecule has 0 heterocycles. The number of rotatable bonds is 3. The molecular formula is C20H18N2O2. The number of nitrogens with one attached hydrogen (secondary N) is 1. The van der Waals surface area contributed by atoms with E-state index in [-0.39, 0.29) is 11.8 Å². The van der Waals surface area contributed by atoms with Crippen LogP contribution in [0.3, 0.4) is 0 Å². The van der Waals surface area contributed by atoms with Crippen LogP contribution in [-0.4, -0.2) is 30.8 Å². The average Bonchev–Trinajstić information content (AvgIpc) is 2.61. The molecule has 0 aliphatic heterocycles. The van der Waals surface area contributed by atoms with Gasteiger partial charge in [-0.05, 0) is 41.1 Å². The molecule has 4 nitrogen and oxygen atoms in total. The molecule has 120 valence electrons. The minimum absolute atomic E-state index is 0.0677. The molecular weight excluding hydrogens is 300 g/mol. The predicted molar refractivity (Wildman–Crippen MR) is 96.4 cm³/mol. The van der Waals surface area contributed by atoms with Gasteiger partial charge in [-0.15, -0.1) is 0 Å². The summed E-state index contributed by atoms with van der Waals surface area (Å²) in [6.07, 6.45) is 0. The Bertz CT molecular complexity index is 894. The van der Waals surface area contributed by atoms with Gasteiger partial charge in [0.05, 0.1) is 0 Å². The van der Waals surface area contributed by atoms with E-state index in [2.05, 4.69) is 5.32 Å². The lowest BCUT2D eigenvalue weighted by Crippen LogP contribution is -2.21. The lowest BCUT2D eigenvalue weighted by atomic mass is 10.0. The molecule has 3 rings (SSSR count). The molecule has 3 aromatic rings. The Hall–Kier alpha value is -3.14. The van der Waals surface area contributed by atoms with Crippen LogP contribution in [0.4, 0.5) is 5.69 Å². The number of amides is 2. The van der Waals surface area contributed by atoms with E-state index in [0.29, 0.717) is 16.8 Å². The standard InChI is InChI=1S/C20H18N2O2/c1-22(2)20(24)15-10-12-16(13-11-15)21-19(23)18-9-5-7-14-6-3-4-8-17(14)18/h3-13H,1-2H3,(H,21,23). The SMILES string of the molecule is CN(C)C(=O)c1ccc(NC(=O)c2cccc3ccccc23)cc1. The van der Waals surface area contributed by atoms with Crippen LogP contribution in [0, 0.1) is 0 Å². The van der Waals surface area contributed by atoms with Gasteiger partial charge in [0.1, 0.15) is 0 Å². The van der Waals surface area contributed by atoms with Crippen LogP contribution in [0.5, 0.6) is 0 Å². The van der Waals surface area contributed by atoms with Crippen LogP contribution in [0.2, 0.25) is 0 Å². The zero-order chi connectivity index (χ0) is 17.1. The van der Waals surface area contributed by atoms with Crippen molar-refractivity contribution in [3.8, 4) is 0 Å². The summed E-state index contributed by atoms with van der Waals surface area (Å²) in [7, 11) is 3.41. The van der Waals surface area contributed by atoms with Gasteiger partial charge < -0.3 is 10.2 Å². The summed E-state index contributed by atoms with van der Waals surface area (Å²) in [4.78, 5) is 26.0. The van der Waals surface area contributed by atoms with Crippen molar-refractivity contribution in [2.24, 2.45) is 0 Å². The summed E-state index contributed by atoms with van der Waals surface area (Å²) < 4.78 is 0. The number of carbonyl (C=O) groups excluding carboxylic acids is 2. The molecule has 0 saturated heterocycles. The number of anilines is 1. The fourth-order valence-electron chi connectivity index (χ4n) is 2.58. The van der Waals surface area contributed by atoms with E-state index in [1.165, 1.54) is 4.90 Å². The van der Waals surface area contributed by atoms with Crippen LogP contribution in [-0.2, 0) is 0 Å². The van der Waals surface area contributed by atoms with Gasteiger partial charge in [-0.25, -0.2) is 0 Å². The minimum atomic E-state index is -0.168. The molecule has 0 bridgehead atoms. The van der Waals surface area contributed by atoms with Crippen LogP contribution >= 0.6 is 0 Å². The Morgan fingerprint density at radius 3 is 2.21 bits per heavy atom. The molecule has 24 heavy (non-hydrogen) atoms. The normalized spacial score (nSPS) is 10.4. The van der Waals surface area contributed by atoms with Gasteiger partial charge in [0, 0.05) is 30.9 Å². The summed E-state index contributed by atoms with van der Waals surface area (Å²) in [5.74, 6) is -0.236. The second-order valence-electron chi connectivity index (χ2n) is 5.76. The molecule has 0 aliphatic carbocycles. The third-order valence-corrected chi connectivity index (χ3v) is 3.83. The summed E-state index contributed by atoms with van der Waals surface area (Å²) in [6, 6.07) is 20.3. The van der Waals surface area contributed by atoms with E-state index in [1.54, 1.807) is 38.4 Å².